The number of nitrogens with two attached hydrogens (primary N) is 3. The lowest BCUT2D eigenvalue weighted by molar-refractivity contribution is 0.598. The van der Waals surface area contributed by atoms with Crippen LogP contribution in [0.3, 0.4) is 0 Å². The monoisotopic (exact) mass is 542 g/mol. The molecule has 0 amide bonds. The molecule has 0 fully saturated rings. The highest BCUT2D eigenvalue weighted by Gasteiger charge is 2.19. The summed E-state index contributed by atoms with van der Waals surface area (Å²) in [7, 11) is -3.84. The lowest BCUT2D eigenvalue weighted by Crippen LogP contribution is -2.13. The fraction of sp³-hybridized carbons (Fsp3) is 0. The number of nitrogens with zero attached hydrogens (tertiary/aromatic N) is 7. The third kappa shape index (κ3) is 5.95. The Balaban J connectivity index is 1.52. The van der Waals surface area contributed by atoms with Crippen LogP contribution in [0.25, 0.3) is 5.95 Å². The zero-order valence-electron chi connectivity index (χ0n) is 20.2. The van der Waals surface area contributed by atoms with Crippen molar-refractivity contribution < 1.29 is 8.42 Å². The van der Waals surface area contributed by atoms with E-state index in [1.165, 1.54) is 28.9 Å². The minimum Gasteiger partial charge on any atom is -0.382 e. The maximum absolute atomic E-state index is 11.6. The maximum atomic E-state index is 11.6. The largest absolute Gasteiger partial charge is 0.382 e. The Kier molecular flexibility index (Phi) is 6.81. The molecule has 39 heavy (non-hydrogen) atoms. The van der Waals surface area contributed by atoms with E-state index in [1.54, 1.807) is 12.1 Å². The van der Waals surface area contributed by atoms with Gasteiger partial charge in [-0.1, -0.05) is 36.4 Å². The first-order valence-corrected chi connectivity index (χ1v) is 12.9. The zero-order valence-corrected chi connectivity index (χ0v) is 21.0. The number of anilines is 6. The number of hydrogen-bond acceptors (Lipinski definition) is 12. The van der Waals surface area contributed by atoms with Gasteiger partial charge in [0.25, 0.3) is 5.95 Å². The second kappa shape index (κ2) is 10.5. The molecule has 196 valence electrons. The van der Waals surface area contributed by atoms with E-state index in [4.69, 9.17) is 16.6 Å². The molecule has 5 aromatic rings. The van der Waals surface area contributed by atoms with E-state index >= 15 is 0 Å². The van der Waals surface area contributed by atoms with Gasteiger partial charge in [-0.25, -0.2) is 13.6 Å². The molecule has 15 heteroatoms. The summed E-state index contributed by atoms with van der Waals surface area (Å²) in [6, 6.07) is 24.1. The average molecular weight is 543 g/mol. The Hall–Kier alpha value is -5.41. The number of nitrogen functional groups attached to an aromatic ring is 2. The van der Waals surface area contributed by atoms with Gasteiger partial charge in [0.1, 0.15) is 0 Å². The molecule has 0 aliphatic heterocycles. The highest BCUT2D eigenvalue weighted by Crippen LogP contribution is 2.32. The second-order valence-electron chi connectivity index (χ2n) is 8.03. The predicted octanol–water partition coefficient (Wildman–Crippen LogP) is 3.77. The first-order valence-electron chi connectivity index (χ1n) is 11.4. The molecule has 14 nitrogen and oxygen atoms in total. The van der Waals surface area contributed by atoms with Crippen LogP contribution < -0.4 is 27.2 Å². The standard InChI is InChI=1S/C24H22N12O2S/c25-20-19(34-33-17-9-5-2-6-10-17)21(26)36(35-20)24-31-22(28-15-7-3-1-4-8-15)30-23(32-24)29-16-11-13-18(14-12-16)39(27,37)38/h1-14H,26H2,(H2,25,35)(H2,27,37,38)(H2,28,29,30,31,32). The number of primary sulfonamides is 1. The topological polar surface area (TPSA) is 217 Å². The number of aromatic nitrogens is 5. The second-order valence-corrected chi connectivity index (χ2v) is 9.60. The van der Waals surface area contributed by atoms with Crippen LogP contribution in [0.15, 0.2) is 100 Å². The molecule has 0 aliphatic rings. The number of para-hydroxylation sites is 1. The normalized spacial score (nSPS) is 11.5. The van der Waals surface area contributed by atoms with E-state index in [0.29, 0.717) is 11.4 Å². The molecule has 0 spiro atoms. The minimum absolute atomic E-state index is 0.0262. The molecule has 0 saturated carbocycles. The van der Waals surface area contributed by atoms with E-state index < -0.39 is 10.0 Å². The third-order valence-corrected chi connectivity index (χ3v) is 6.15. The van der Waals surface area contributed by atoms with Crippen molar-refractivity contribution in [3.63, 3.8) is 0 Å². The van der Waals surface area contributed by atoms with E-state index in [9.17, 15) is 8.42 Å². The van der Waals surface area contributed by atoms with Gasteiger partial charge >= 0.3 is 0 Å². The van der Waals surface area contributed by atoms with Crippen LogP contribution in [0, 0.1) is 0 Å². The summed E-state index contributed by atoms with van der Waals surface area (Å²) < 4.78 is 24.4. The highest BCUT2D eigenvalue weighted by molar-refractivity contribution is 7.89. The molecule has 2 heterocycles. The predicted molar refractivity (Wildman–Crippen MR) is 147 cm³/mol. The number of azo groups is 1. The van der Waals surface area contributed by atoms with Gasteiger partial charge in [0.05, 0.1) is 10.6 Å². The molecule has 0 unspecified atom stereocenters. The summed E-state index contributed by atoms with van der Waals surface area (Å²) in [5, 5.41) is 23.9. The van der Waals surface area contributed by atoms with Gasteiger partial charge in [0, 0.05) is 11.4 Å². The van der Waals surface area contributed by atoms with Gasteiger partial charge < -0.3 is 22.1 Å². The van der Waals surface area contributed by atoms with Crippen LogP contribution in [-0.4, -0.2) is 33.2 Å². The van der Waals surface area contributed by atoms with Gasteiger partial charge in [-0.15, -0.1) is 10.2 Å². The van der Waals surface area contributed by atoms with Crippen LogP contribution in [0.5, 0.6) is 0 Å². The molecule has 0 radical (unpaired) electrons. The fourth-order valence-electron chi connectivity index (χ4n) is 3.38. The van der Waals surface area contributed by atoms with E-state index in [1.807, 2.05) is 48.5 Å². The van der Waals surface area contributed by atoms with E-state index in [-0.39, 0.29) is 40.1 Å². The molecule has 8 N–H and O–H groups in total. The number of sulfonamides is 1. The Morgan fingerprint density at radius 2 is 1.28 bits per heavy atom. The van der Waals surface area contributed by atoms with Crippen molar-refractivity contribution in [2.24, 2.45) is 15.4 Å². The Morgan fingerprint density at radius 3 is 1.87 bits per heavy atom. The van der Waals surface area contributed by atoms with Crippen LogP contribution in [-0.2, 0) is 10.0 Å². The minimum atomic E-state index is -3.84. The quantitative estimate of drug-likeness (QED) is 0.179. The molecule has 0 saturated heterocycles. The van der Waals surface area contributed by atoms with Gasteiger partial charge in [-0.05, 0) is 48.5 Å². The number of rotatable bonds is 8. The third-order valence-electron chi connectivity index (χ3n) is 5.22. The summed E-state index contributed by atoms with van der Waals surface area (Å²) in [4.78, 5) is 13.2. The van der Waals surface area contributed by atoms with Crippen molar-refractivity contribution in [1.29, 1.82) is 0 Å². The van der Waals surface area contributed by atoms with Crippen LogP contribution in [0.4, 0.5) is 46.3 Å². The van der Waals surface area contributed by atoms with Crippen LogP contribution in [0.2, 0.25) is 0 Å². The first kappa shape index (κ1) is 25.2. The zero-order chi connectivity index (χ0) is 27.4. The van der Waals surface area contributed by atoms with Crippen molar-refractivity contribution in [2.45, 2.75) is 4.90 Å². The molecule has 5 rings (SSSR count). The van der Waals surface area contributed by atoms with Gasteiger partial charge in [0.15, 0.2) is 17.3 Å². The van der Waals surface area contributed by atoms with Crippen molar-refractivity contribution in [1.82, 2.24) is 24.7 Å². The molecule has 0 aliphatic carbocycles. The molecule has 3 aromatic carbocycles. The van der Waals surface area contributed by atoms with Crippen molar-refractivity contribution >= 4 is 56.3 Å². The lowest BCUT2D eigenvalue weighted by atomic mass is 10.3. The summed E-state index contributed by atoms with van der Waals surface area (Å²) >= 11 is 0. The van der Waals surface area contributed by atoms with E-state index in [2.05, 4.69) is 40.9 Å². The fourth-order valence-corrected chi connectivity index (χ4v) is 3.89. The summed E-state index contributed by atoms with van der Waals surface area (Å²) in [5.41, 5.74) is 14.4. The molecular weight excluding hydrogens is 520 g/mol. The Labute approximate surface area is 222 Å². The van der Waals surface area contributed by atoms with Crippen LogP contribution in [0.1, 0.15) is 0 Å². The van der Waals surface area contributed by atoms with Crippen LogP contribution >= 0.6 is 0 Å². The highest BCUT2D eigenvalue weighted by atomic mass is 32.2. The van der Waals surface area contributed by atoms with Gasteiger partial charge in [-0.2, -0.15) is 24.7 Å². The van der Waals surface area contributed by atoms with Crippen molar-refractivity contribution in [2.75, 3.05) is 22.1 Å². The summed E-state index contributed by atoms with van der Waals surface area (Å²) in [6.45, 7) is 0. The number of hydrogen-bond donors (Lipinski definition) is 5. The Morgan fingerprint density at radius 1 is 0.718 bits per heavy atom. The average Bonchev–Trinajstić information content (AvgIpc) is 3.21. The molecule has 0 bridgehead atoms. The summed E-state index contributed by atoms with van der Waals surface area (Å²) in [5.74, 6) is 0.418. The molecule has 2 aromatic heterocycles. The maximum Gasteiger partial charge on any atom is 0.259 e. The van der Waals surface area contributed by atoms with Gasteiger partial charge in [0.2, 0.25) is 21.9 Å². The lowest BCUT2D eigenvalue weighted by Gasteiger charge is -2.11. The number of benzene rings is 3. The first-order chi connectivity index (χ1) is 18.8. The summed E-state index contributed by atoms with van der Waals surface area (Å²) in [6.07, 6.45) is 0. The number of nitrogens with one attached hydrogen (secondary N) is 2. The van der Waals surface area contributed by atoms with Crippen molar-refractivity contribution in [3.8, 4) is 5.95 Å². The molecular formula is C24H22N12O2S. The van der Waals surface area contributed by atoms with E-state index in [0.717, 1.165) is 5.69 Å². The smallest absolute Gasteiger partial charge is 0.259 e. The Bertz CT molecular complexity index is 1740. The SMILES string of the molecule is Nc1nn(-c2nc(Nc3ccccc3)nc(Nc3ccc(S(N)(=O)=O)cc3)n2)c(N)c1N=Nc1ccccc1. The van der Waals surface area contributed by atoms with Crippen molar-refractivity contribution in [3.05, 3.63) is 84.9 Å². The molecule has 0 atom stereocenters. The van der Waals surface area contributed by atoms with Gasteiger partial charge in [-0.3, -0.25) is 0 Å².